The predicted molar refractivity (Wildman–Crippen MR) is 41.6 cm³/mol. The lowest BCUT2D eigenvalue weighted by Crippen LogP contribution is -1.92. The van der Waals surface area contributed by atoms with Gasteiger partial charge in [-0.05, 0) is 11.6 Å². The summed E-state index contributed by atoms with van der Waals surface area (Å²) in [6.45, 7) is 1.08. The summed E-state index contributed by atoms with van der Waals surface area (Å²) >= 11 is 0. The first-order valence-corrected chi connectivity index (χ1v) is 3.46. The van der Waals surface area contributed by atoms with E-state index in [0.717, 1.165) is 12.2 Å². The molecule has 3 N–H and O–H groups in total. The first-order valence-electron chi connectivity index (χ1n) is 3.46. The van der Waals surface area contributed by atoms with Gasteiger partial charge in [-0.1, -0.05) is 18.2 Å². The van der Waals surface area contributed by atoms with E-state index in [4.69, 9.17) is 5.73 Å². The molecule has 0 aromatic heterocycles. The minimum Gasteiger partial charge on any atom is -0.398 e. The molecule has 2 heteroatoms. The summed E-state index contributed by atoms with van der Waals surface area (Å²) in [6.07, 6.45) is 0. The van der Waals surface area contributed by atoms with E-state index in [1.165, 1.54) is 5.56 Å². The molecule has 1 aliphatic heterocycles. The summed E-state index contributed by atoms with van der Waals surface area (Å²) in [5, 5.41) is 3.21. The van der Waals surface area contributed by atoms with Gasteiger partial charge in [0.05, 0.1) is 0 Å². The average Bonchev–Trinajstić information content (AvgIpc) is 2.71. The fraction of sp³-hybridized carbons (Fsp3) is 0.250. The van der Waals surface area contributed by atoms with E-state index in [0.29, 0.717) is 6.04 Å². The third-order valence-corrected chi connectivity index (χ3v) is 1.78. The van der Waals surface area contributed by atoms with Crippen LogP contribution in [0.2, 0.25) is 0 Å². The molecule has 1 unspecified atom stereocenters. The summed E-state index contributed by atoms with van der Waals surface area (Å²) < 4.78 is 0. The highest BCUT2D eigenvalue weighted by atomic mass is 15.1. The number of anilines is 1. The van der Waals surface area contributed by atoms with Gasteiger partial charge >= 0.3 is 0 Å². The molecule has 1 aromatic carbocycles. The zero-order valence-corrected chi connectivity index (χ0v) is 5.67. The van der Waals surface area contributed by atoms with Crippen molar-refractivity contribution in [3.8, 4) is 0 Å². The van der Waals surface area contributed by atoms with Crippen molar-refractivity contribution in [1.82, 2.24) is 5.32 Å². The molecular formula is C8H10N2. The molecule has 2 nitrogen and oxygen atoms in total. The fourth-order valence-electron chi connectivity index (χ4n) is 1.11. The largest absolute Gasteiger partial charge is 0.398 e. The maximum atomic E-state index is 5.72. The third-order valence-electron chi connectivity index (χ3n) is 1.78. The minimum atomic E-state index is 0.529. The van der Waals surface area contributed by atoms with Crippen molar-refractivity contribution in [3.63, 3.8) is 0 Å². The Kier molecular flexibility index (Phi) is 1.14. The highest BCUT2D eigenvalue weighted by molar-refractivity contribution is 5.49. The highest BCUT2D eigenvalue weighted by Crippen LogP contribution is 2.25. The molecule has 10 heavy (non-hydrogen) atoms. The first kappa shape index (κ1) is 5.74. The summed E-state index contributed by atoms with van der Waals surface area (Å²) in [5.41, 5.74) is 7.86. The smallest absolute Gasteiger partial charge is 0.0468 e. The zero-order chi connectivity index (χ0) is 6.97. The lowest BCUT2D eigenvalue weighted by Gasteiger charge is -1.99. The van der Waals surface area contributed by atoms with Crippen LogP contribution in [0.4, 0.5) is 5.69 Å². The Bertz CT molecular complexity index is 241. The third kappa shape index (κ3) is 0.866. The average molecular weight is 134 g/mol. The Hall–Kier alpha value is -1.02. The van der Waals surface area contributed by atoms with Gasteiger partial charge in [-0.25, -0.2) is 0 Å². The SMILES string of the molecule is Nc1ccccc1C1CN1. The van der Waals surface area contributed by atoms with E-state index < -0.39 is 0 Å². The summed E-state index contributed by atoms with van der Waals surface area (Å²) in [6, 6.07) is 8.52. The van der Waals surface area contributed by atoms with Crippen molar-refractivity contribution in [1.29, 1.82) is 0 Å². The van der Waals surface area contributed by atoms with E-state index in [1.54, 1.807) is 0 Å². The second-order valence-electron chi connectivity index (χ2n) is 2.59. The van der Waals surface area contributed by atoms with Crippen molar-refractivity contribution in [2.45, 2.75) is 6.04 Å². The van der Waals surface area contributed by atoms with Crippen molar-refractivity contribution < 1.29 is 0 Å². The Balaban J connectivity index is 2.39. The second kappa shape index (κ2) is 1.99. The van der Waals surface area contributed by atoms with Gasteiger partial charge in [0.25, 0.3) is 0 Å². The number of nitrogens with one attached hydrogen (secondary N) is 1. The van der Waals surface area contributed by atoms with E-state index in [-0.39, 0.29) is 0 Å². The van der Waals surface area contributed by atoms with Crippen LogP contribution in [0, 0.1) is 0 Å². The topological polar surface area (TPSA) is 48.0 Å². The molecule has 1 heterocycles. The van der Waals surface area contributed by atoms with Gasteiger partial charge < -0.3 is 11.1 Å². The predicted octanol–water partition coefficient (Wildman–Crippen LogP) is 0.913. The Morgan fingerprint density at radius 1 is 1.40 bits per heavy atom. The standard InChI is InChI=1S/C8H10N2/c9-7-4-2-1-3-6(7)8-5-10-8/h1-4,8,10H,5,9H2. The molecule has 1 aromatic rings. The van der Waals surface area contributed by atoms with Crippen LogP contribution in [0.25, 0.3) is 0 Å². The zero-order valence-electron chi connectivity index (χ0n) is 5.67. The molecule has 1 saturated heterocycles. The van der Waals surface area contributed by atoms with Crippen LogP contribution < -0.4 is 11.1 Å². The van der Waals surface area contributed by atoms with Gasteiger partial charge in [-0.15, -0.1) is 0 Å². The number of hydrogen-bond acceptors (Lipinski definition) is 2. The highest BCUT2D eigenvalue weighted by Gasteiger charge is 2.23. The van der Waals surface area contributed by atoms with Gasteiger partial charge in [0.15, 0.2) is 0 Å². The molecule has 0 amide bonds. The van der Waals surface area contributed by atoms with Crippen LogP contribution >= 0.6 is 0 Å². The van der Waals surface area contributed by atoms with Gasteiger partial charge in [0, 0.05) is 18.3 Å². The number of para-hydroxylation sites is 1. The molecule has 1 fully saturated rings. The molecule has 1 atom stereocenters. The number of nitrogens with two attached hydrogens (primary N) is 1. The molecule has 1 aliphatic rings. The lowest BCUT2D eigenvalue weighted by atomic mass is 10.1. The maximum Gasteiger partial charge on any atom is 0.0468 e. The van der Waals surface area contributed by atoms with Crippen molar-refractivity contribution in [3.05, 3.63) is 29.8 Å². The van der Waals surface area contributed by atoms with Crippen LogP contribution in [0.15, 0.2) is 24.3 Å². The normalized spacial score (nSPS) is 22.6. The number of hydrogen-bond donors (Lipinski definition) is 2. The molecular weight excluding hydrogens is 124 g/mol. The van der Waals surface area contributed by atoms with Crippen LogP contribution in [-0.4, -0.2) is 6.54 Å². The Morgan fingerprint density at radius 3 is 2.70 bits per heavy atom. The fourth-order valence-corrected chi connectivity index (χ4v) is 1.11. The number of nitrogen functional groups attached to an aromatic ring is 1. The molecule has 0 radical (unpaired) electrons. The summed E-state index contributed by atoms with van der Waals surface area (Å²) in [7, 11) is 0. The van der Waals surface area contributed by atoms with Gasteiger partial charge in [-0.2, -0.15) is 0 Å². The summed E-state index contributed by atoms with van der Waals surface area (Å²) in [4.78, 5) is 0. The minimum absolute atomic E-state index is 0.529. The van der Waals surface area contributed by atoms with E-state index in [9.17, 15) is 0 Å². The van der Waals surface area contributed by atoms with Crippen LogP contribution in [-0.2, 0) is 0 Å². The van der Waals surface area contributed by atoms with Crippen LogP contribution in [0.5, 0.6) is 0 Å². The van der Waals surface area contributed by atoms with Crippen molar-refractivity contribution in [2.24, 2.45) is 0 Å². The maximum absolute atomic E-state index is 5.72. The van der Waals surface area contributed by atoms with Gasteiger partial charge in [0.1, 0.15) is 0 Å². The molecule has 0 bridgehead atoms. The lowest BCUT2D eigenvalue weighted by molar-refractivity contribution is 1.08. The Labute approximate surface area is 60.0 Å². The Morgan fingerprint density at radius 2 is 2.10 bits per heavy atom. The molecule has 0 spiro atoms. The number of rotatable bonds is 1. The van der Waals surface area contributed by atoms with E-state index in [1.807, 2.05) is 18.2 Å². The van der Waals surface area contributed by atoms with Gasteiger partial charge in [0.2, 0.25) is 0 Å². The molecule has 0 saturated carbocycles. The quantitative estimate of drug-likeness (QED) is 0.443. The first-order chi connectivity index (χ1) is 4.88. The molecule has 2 rings (SSSR count). The van der Waals surface area contributed by atoms with Crippen molar-refractivity contribution >= 4 is 5.69 Å². The summed E-state index contributed by atoms with van der Waals surface area (Å²) in [5.74, 6) is 0. The van der Waals surface area contributed by atoms with Crippen LogP contribution in [0.1, 0.15) is 11.6 Å². The molecule has 52 valence electrons. The monoisotopic (exact) mass is 134 g/mol. The molecule has 0 aliphatic carbocycles. The van der Waals surface area contributed by atoms with Gasteiger partial charge in [-0.3, -0.25) is 0 Å². The van der Waals surface area contributed by atoms with E-state index in [2.05, 4.69) is 11.4 Å². The van der Waals surface area contributed by atoms with Crippen molar-refractivity contribution in [2.75, 3.05) is 12.3 Å². The second-order valence-corrected chi connectivity index (χ2v) is 2.59. The van der Waals surface area contributed by atoms with Crippen LogP contribution in [0.3, 0.4) is 0 Å². The number of benzene rings is 1. The van der Waals surface area contributed by atoms with E-state index >= 15 is 0 Å².